The Kier molecular flexibility index (Phi) is 4.44. The van der Waals surface area contributed by atoms with Gasteiger partial charge in [0.25, 0.3) is 0 Å². The van der Waals surface area contributed by atoms with Crippen molar-refractivity contribution in [1.29, 1.82) is 0 Å². The van der Waals surface area contributed by atoms with E-state index in [1.165, 1.54) is 5.56 Å². The first-order valence-electron chi connectivity index (χ1n) is 6.66. The largest absolute Gasteiger partial charge is 0.335 e. The summed E-state index contributed by atoms with van der Waals surface area (Å²) < 4.78 is 1.08. The molecule has 0 radical (unpaired) electrons. The third-order valence-corrected chi connectivity index (χ3v) is 4.04. The van der Waals surface area contributed by atoms with Crippen LogP contribution >= 0.6 is 15.9 Å². The van der Waals surface area contributed by atoms with Gasteiger partial charge in [0.1, 0.15) is 0 Å². The van der Waals surface area contributed by atoms with E-state index < -0.39 is 0 Å². The summed E-state index contributed by atoms with van der Waals surface area (Å²) in [6.07, 6.45) is 3.24. The zero-order valence-corrected chi connectivity index (χ0v) is 12.6. The van der Waals surface area contributed by atoms with E-state index in [4.69, 9.17) is 0 Å². The van der Waals surface area contributed by atoms with Crippen LogP contribution in [0.3, 0.4) is 0 Å². The van der Waals surface area contributed by atoms with Gasteiger partial charge in [0.05, 0.1) is 0 Å². The van der Waals surface area contributed by atoms with Crippen molar-refractivity contribution in [3.8, 4) is 0 Å². The highest BCUT2D eigenvalue weighted by atomic mass is 79.9. The zero-order valence-electron chi connectivity index (χ0n) is 11.0. The molecule has 1 amide bonds. The fourth-order valence-corrected chi connectivity index (χ4v) is 2.51. The van der Waals surface area contributed by atoms with Crippen LogP contribution in [0.25, 0.3) is 0 Å². The Morgan fingerprint density at radius 2 is 2.22 bits per heavy atom. The van der Waals surface area contributed by atoms with E-state index in [-0.39, 0.29) is 5.92 Å². The Bertz CT molecular complexity index is 428. The SMILES string of the molecule is CCC(C)C(=O)N(Cc1cccc(Br)c1)C1CC1. The van der Waals surface area contributed by atoms with Gasteiger partial charge < -0.3 is 4.90 Å². The van der Waals surface area contributed by atoms with Gasteiger partial charge in [-0.25, -0.2) is 0 Å². The summed E-state index contributed by atoms with van der Waals surface area (Å²) in [5.74, 6) is 0.442. The predicted octanol–water partition coefficient (Wildman–Crippen LogP) is 3.99. The van der Waals surface area contributed by atoms with Crippen LogP contribution in [0.15, 0.2) is 28.7 Å². The number of hydrogen-bond donors (Lipinski definition) is 0. The van der Waals surface area contributed by atoms with Crippen LogP contribution in [-0.4, -0.2) is 16.8 Å². The minimum atomic E-state index is 0.137. The van der Waals surface area contributed by atoms with E-state index in [9.17, 15) is 4.79 Å². The van der Waals surface area contributed by atoms with E-state index in [0.717, 1.165) is 30.3 Å². The van der Waals surface area contributed by atoms with Gasteiger partial charge in [-0.2, -0.15) is 0 Å². The average molecular weight is 310 g/mol. The van der Waals surface area contributed by atoms with Crippen LogP contribution < -0.4 is 0 Å². The number of nitrogens with zero attached hydrogens (tertiary/aromatic N) is 1. The molecule has 3 heteroatoms. The van der Waals surface area contributed by atoms with Gasteiger partial charge in [-0.15, -0.1) is 0 Å². The molecular formula is C15H20BrNO. The lowest BCUT2D eigenvalue weighted by atomic mass is 10.1. The maximum absolute atomic E-state index is 12.4. The highest BCUT2D eigenvalue weighted by molar-refractivity contribution is 9.10. The van der Waals surface area contributed by atoms with Gasteiger partial charge in [0.2, 0.25) is 5.91 Å². The molecule has 1 aliphatic rings. The second-order valence-electron chi connectivity index (χ2n) is 5.14. The van der Waals surface area contributed by atoms with Gasteiger partial charge in [-0.05, 0) is 37.0 Å². The second-order valence-corrected chi connectivity index (χ2v) is 6.05. The smallest absolute Gasteiger partial charge is 0.225 e. The quantitative estimate of drug-likeness (QED) is 0.805. The minimum Gasteiger partial charge on any atom is -0.335 e. The summed E-state index contributed by atoms with van der Waals surface area (Å²) in [6.45, 7) is 4.85. The van der Waals surface area contributed by atoms with Gasteiger partial charge in [-0.1, -0.05) is 41.9 Å². The van der Waals surface area contributed by atoms with E-state index in [0.29, 0.717) is 11.9 Å². The fourth-order valence-electron chi connectivity index (χ4n) is 2.06. The third-order valence-electron chi connectivity index (χ3n) is 3.55. The average Bonchev–Trinajstić information content (AvgIpc) is 3.18. The molecule has 1 aromatic rings. The number of amides is 1. The molecule has 0 bridgehead atoms. The number of carbonyl (C=O) groups is 1. The van der Waals surface area contributed by atoms with Crippen molar-refractivity contribution < 1.29 is 4.79 Å². The van der Waals surface area contributed by atoms with Crippen LogP contribution in [-0.2, 0) is 11.3 Å². The summed E-state index contributed by atoms with van der Waals surface area (Å²) in [7, 11) is 0. The molecule has 1 fully saturated rings. The number of hydrogen-bond acceptors (Lipinski definition) is 1. The molecule has 1 saturated carbocycles. The van der Waals surface area contributed by atoms with Crippen LogP contribution in [0.2, 0.25) is 0 Å². The molecule has 1 aromatic carbocycles. The Labute approximate surface area is 117 Å². The Morgan fingerprint density at radius 1 is 1.50 bits per heavy atom. The lowest BCUT2D eigenvalue weighted by Gasteiger charge is -2.25. The van der Waals surface area contributed by atoms with Gasteiger partial charge >= 0.3 is 0 Å². The summed E-state index contributed by atoms with van der Waals surface area (Å²) in [6, 6.07) is 8.70. The maximum Gasteiger partial charge on any atom is 0.225 e. The topological polar surface area (TPSA) is 20.3 Å². The van der Waals surface area contributed by atoms with Crippen molar-refractivity contribution in [2.75, 3.05) is 0 Å². The molecule has 2 rings (SSSR count). The molecule has 1 aliphatic carbocycles. The highest BCUT2D eigenvalue weighted by Crippen LogP contribution is 2.30. The molecule has 0 spiro atoms. The third kappa shape index (κ3) is 3.35. The number of benzene rings is 1. The number of rotatable bonds is 5. The molecule has 1 unspecified atom stereocenters. The van der Waals surface area contributed by atoms with Crippen LogP contribution in [0.5, 0.6) is 0 Å². The maximum atomic E-state index is 12.4. The summed E-state index contributed by atoms with van der Waals surface area (Å²) in [5, 5.41) is 0. The second kappa shape index (κ2) is 5.87. The highest BCUT2D eigenvalue weighted by Gasteiger charge is 2.33. The predicted molar refractivity (Wildman–Crippen MR) is 77.2 cm³/mol. The number of halogens is 1. The molecular weight excluding hydrogens is 290 g/mol. The van der Waals surface area contributed by atoms with Gasteiger partial charge in [-0.3, -0.25) is 4.79 Å². The first-order valence-corrected chi connectivity index (χ1v) is 7.46. The summed E-state index contributed by atoms with van der Waals surface area (Å²) >= 11 is 3.48. The Morgan fingerprint density at radius 3 is 2.78 bits per heavy atom. The molecule has 98 valence electrons. The lowest BCUT2D eigenvalue weighted by molar-refractivity contribution is -0.136. The summed E-state index contributed by atoms with van der Waals surface area (Å²) in [5.41, 5.74) is 1.20. The van der Waals surface area contributed by atoms with Crippen molar-refractivity contribution >= 4 is 21.8 Å². The van der Waals surface area contributed by atoms with E-state index in [2.05, 4.69) is 39.9 Å². The molecule has 18 heavy (non-hydrogen) atoms. The molecule has 1 atom stereocenters. The molecule has 0 aromatic heterocycles. The van der Waals surface area contributed by atoms with Crippen molar-refractivity contribution in [3.05, 3.63) is 34.3 Å². The van der Waals surface area contributed by atoms with E-state index in [1.807, 2.05) is 19.1 Å². The molecule has 0 N–H and O–H groups in total. The van der Waals surface area contributed by atoms with Crippen LogP contribution in [0.4, 0.5) is 0 Å². The van der Waals surface area contributed by atoms with Crippen molar-refractivity contribution in [2.45, 2.75) is 45.7 Å². The normalized spacial score (nSPS) is 16.4. The first kappa shape index (κ1) is 13.6. The van der Waals surface area contributed by atoms with E-state index >= 15 is 0 Å². The Balaban J connectivity index is 2.09. The molecule has 2 nitrogen and oxygen atoms in total. The molecule has 0 heterocycles. The van der Waals surface area contributed by atoms with Crippen molar-refractivity contribution in [1.82, 2.24) is 4.90 Å². The monoisotopic (exact) mass is 309 g/mol. The Hall–Kier alpha value is -0.830. The van der Waals surface area contributed by atoms with Gasteiger partial charge in [0, 0.05) is 23.0 Å². The van der Waals surface area contributed by atoms with E-state index in [1.54, 1.807) is 0 Å². The standard InChI is InChI=1S/C15H20BrNO/c1-3-11(2)15(18)17(14-7-8-14)10-12-5-4-6-13(16)9-12/h4-6,9,11,14H,3,7-8,10H2,1-2H3. The van der Waals surface area contributed by atoms with Crippen molar-refractivity contribution in [3.63, 3.8) is 0 Å². The fraction of sp³-hybridized carbons (Fsp3) is 0.533. The first-order chi connectivity index (χ1) is 8.61. The zero-order chi connectivity index (χ0) is 13.1. The molecule has 0 aliphatic heterocycles. The van der Waals surface area contributed by atoms with Gasteiger partial charge in [0.15, 0.2) is 0 Å². The number of carbonyl (C=O) groups excluding carboxylic acids is 1. The molecule has 0 saturated heterocycles. The van der Waals surface area contributed by atoms with Crippen LogP contribution in [0, 0.1) is 5.92 Å². The van der Waals surface area contributed by atoms with Crippen LogP contribution in [0.1, 0.15) is 38.7 Å². The van der Waals surface area contributed by atoms with Crippen molar-refractivity contribution in [2.24, 2.45) is 5.92 Å². The summed E-state index contributed by atoms with van der Waals surface area (Å²) in [4.78, 5) is 14.4. The minimum absolute atomic E-state index is 0.137. The lowest BCUT2D eigenvalue weighted by Crippen LogP contribution is -2.36.